The molecular formula is C11H16O7. The lowest BCUT2D eigenvalue weighted by Crippen LogP contribution is -2.06. The van der Waals surface area contributed by atoms with E-state index < -0.39 is 18.4 Å². The van der Waals surface area contributed by atoms with Crippen molar-refractivity contribution >= 4 is 11.9 Å². The van der Waals surface area contributed by atoms with Gasteiger partial charge in [-0.3, -0.25) is 4.79 Å². The van der Waals surface area contributed by atoms with Gasteiger partial charge in [0.1, 0.15) is 12.2 Å². The number of carboxylic acids is 2. The zero-order valence-corrected chi connectivity index (χ0v) is 9.83. The average molecular weight is 260 g/mol. The molecule has 0 spiro atoms. The van der Waals surface area contributed by atoms with E-state index >= 15 is 0 Å². The van der Waals surface area contributed by atoms with Gasteiger partial charge in [-0.25, -0.2) is 4.79 Å². The van der Waals surface area contributed by atoms with E-state index in [4.69, 9.17) is 24.4 Å². The lowest BCUT2D eigenvalue weighted by molar-refractivity contribution is -0.139. The van der Waals surface area contributed by atoms with E-state index in [1.807, 2.05) is 0 Å². The van der Waals surface area contributed by atoms with Gasteiger partial charge in [-0.2, -0.15) is 0 Å². The molecule has 7 heteroatoms. The monoisotopic (exact) mass is 260 g/mol. The van der Waals surface area contributed by atoms with Gasteiger partial charge in [0.15, 0.2) is 0 Å². The van der Waals surface area contributed by atoms with Gasteiger partial charge in [-0.15, -0.1) is 0 Å². The highest BCUT2D eigenvalue weighted by Crippen LogP contribution is 2.12. The van der Waals surface area contributed by atoms with Crippen LogP contribution in [0.25, 0.3) is 0 Å². The Morgan fingerprint density at radius 2 is 1.61 bits per heavy atom. The van der Waals surface area contributed by atoms with E-state index in [2.05, 4.69) is 6.58 Å². The van der Waals surface area contributed by atoms with Crippen LogP contribution in [-0.4, -0.2) is 60.8 Å². The lowest BCUT2D eigenvalue weighted by atomic mass is 10.2. The van der Waals surface area contributed by atoms with Crippen molar-refractivity contribution < 1.29 is 34.0 Å². The highest BCUT2D eigenvalue weighted by molar-refractivity contribution is 5.91. The number of carbonyl (C=O) groups is 2. The predicted molar refractivity (Wildman–Crippen MR) is 59.3 cm³/mol. The molecule has 2 rings (SSSR count). The second kappa shape index (κ2) is 7.10. The molecule has 0 radical (unpaired) electrons. The van der Waals surface area contributed by atoms with Crippen LogP contribution in [0.15, 0.2) is 12.2 Å². The molecule has 0 bridgehead atoms. The summed E-state index contributed by atoms with van der Waals surface area (Å²) in [5.74, 6) is -2.44. The number of ether oxygens (including phenoxy) is 3. The summed E-state index contributed by atoms with van der Waals surface area (Å²) < 4.78 is 15.1. The van der Waals surface area contributed by atoms with Gasteiger partial charge in [-0.05, 0) is 0 Å². The minimum atomic E-state index is -1.27. The Labute approximate surface area is 104 Å². The number of hydrogen-bond acceptors (Lipinski definition) is 5. The summed E-state index contributed by atoms with van der Waals surface area (Å²) in [5, 5.41) is 16.1. The molecule has 7 nitrogen and oxygen atoms in total. The molecule has 18 heavy (non-hydrogen) atoms. The van der Waals surface area contributed by atoms with Crippen LogP contribution >= 0.6 is 0 Å². The fraction of sp³-hybridized carbons (Fsp3) is 0.636. The van der Waals surface area contributed by atoms with Gasteiger partial charge in [0.25, 0.3) is 0 Å². The quantitative estimate of drug-likeness (QED) is 0.486. The third kappa shape index (κ3) is 7.77. The van der Waals surface area contributed by atoms with Crippen molar-refractivity contribution in [2.24, 2.45) is 0 Å². The van der Waals surface area contributed by atoms with E-state index in [0.717, 1.165) is 26.4 Å². The highest BCUT2D eigenvalue weighted by Gasteiger charge is 2.26. The van der Waals surface area contributed by atoms with Crippen LogP contribution in [0.3, 0.4) is 0 Å². The Hall–Kier alpha value is -1.44. The number of carboxylic acid groups (broad SMARTS) is 2. The van der Waals surface area contributed by atoms with Gasteiger partial charge in [0.05, 0.1) is 32.8 Å². The first-order valence-corrected chi connectivity index (χ1v) is 5.43. The molecule has 2 N–H and O–H groups in total. The van der Waals surface area contributed by atoms with Gasteiger partial charge >= 0.3 is 11.9 Å². The molecule has 0 aromatic rings. The molecule has 2 aliphatic rings. The summed E-state index contributed by atoms with van der Waals surface area (Å²) in [6.07, 6.45) is 0.280. The van der Waals surface area contributed by atoms with Crippen molar-refractivity contribution in [2.75, 3.05) is 26.4 Å². The van der Waals surface area contributed by atoms with E-state index in [-0.39, 0.29) is 5.57 Å². The Morgan fingerprint density at radius 1 is 1.17 bits per heavy atom. The largest absolute Gasteiger partial charge is 0.481 e. The third-order valence-corrected chi connectivity index (χ3v) is 2.08. The maximum atomic E-state index is 9.87. The van der Waals surface area contributed by atoms with E-state index in [1.165, 1.54) is 0 Å². The maximum Gasteiger partial charge on any atom is 0.331 e. The third-order valence-electron chi connectivity index (χ3n) is 2.08. The average Bonchev–Trinajstić information content (AvgIpc) is 3.12. The van der Waals surface area contributed by atoms with Crippen LogP contribution in [0.5, 0.6) is 0 Å². The smallest absolute Gasteiger partial charge is 0.331 e. The van der Waals surface area contributed by atoms with Crippen molar-refractivity contribution in [3.63, 3.8) is 0 Å². The fourth-order valence-electron chi connectivity index (χ4n) is 0.918. The molecule has 0 aliphatic carbocycles. The van der Waals surface area contributed by atoms with Crippen LogP contribution in [-0.2, 0) is 23.8 Å². The summed E-state index contributed by atoms with van der Waals surface area (Å²) in [5.41, 5.74) is -0.303. The number of hydrogen-bond donors (Lipinski definition) is 2. The second-order valence-corrected chi connectivity index (χ2v) is 3.93. The summed E-state index contributed by atoms with van der Waals surface area (Å²) in [7, 11) is 0. The lowest BCUT2D eigenvalue weighted by Gasteiger charge is -1.95. The Bertz CT molecular complexity index is 305. The topological polar surface area (TPSA) is 109 Å². The Kier molecular flexibility index (Phi) is 5.76. The molecule has 2 fully saturated rings. The van der Waals surface area contributed by atoms with Crippen LogP contribution in [0, 0.1) is 0 Å². The summed E-state index contributed by atoms with van der Waals surface area (Å²) in [6.45, 7) is 6.27. The molecule has 0 saturated carbocycles. The zero-order chi connectivity index (χ0) is 13.5. The first-order valence-electron chi connectivity index (χ1n) is 5.43. The van der Waals surface area contributed by atoms with Crippen molar-refractivity contribution in [2.45, 2.75) is 18.6 Å². The molecule has 2 unspecified atom stereocenters. The Morgan fingerprint density at radius 3 is 1.83 bits per heavy atom. The molecule has 2 saturated heterocycles. The fourth-order valence-corrected chi connectivity index (χ4v) is 0.918. The van der Waals surface area contributed by atoms with E-state index in [9.17, 15) is 9.59 Å². The van der Waals surface area contributed by atoms with Gasteiger partial charge in [0, 0.05) is 5.57 Å². The van der Waals surface area contributed by atoms with Crippen LogP contribution in [0.4, 0.5) is 0 Å². The predicted octanol–water partition coefficient (Wildman–Crippen LogP) is -0.0975. The first kappa shape index (κ1) is 14.6. The molecule has 102 valence electrons. The standard InChI is InChI=1S/C6H10O3.C5H6O4/c1(5-3-8-5)7-2-6-4-9-6;1-3(5(8)9)2-4(6)7/h5-6H,1-4H2;1-2H2,(H,6,7)(H,8,9). The second-order valence-electron chi connectivity index (χ2n) is 3.93. The van der Waals surface area contributed by atoms with Crippen LogP contribution < -0.4 is 0 Å². The molecule has 0 aromatic heterocycles. The van der Waals surface area contributed by atoms with Crippen LogP contribution in [0.1, 0.15) is 6.42 Å². The van der Waals surface area contributed by atoms with Gasteiger partial charge in [0.2, 0.25) is 0 Å². The highest BCUT2D eigenvalue weighted by atomic mass is 16.6. The minimum absolute atomic E-state index is 0.303. The number of aliphatic carboxylic acids is 2. The first-order chi connectivity index (χ1) is 8.49. The van der Waals surface area contributed by atoms with Crippen LogP contribution in [0.2, 0.25) is 0 Å². The van der Waals surface area contributed by atoms with Crippen molar-refractivity contribution in [3.8, 4) is 0 Å². The summed E-state index contributed by atoms with van der Waals surface area (Å²) >= 11 is 0. The van der Waals surface area contributed by atoms with E-state index in [0.29, 0.717) is 12.2 Å². The summed E-state index contributed by atoms with van der Waals surface area (Å²) in [4.78, 5) is 19.7. The molecule has 0 aromatic carbocycles. The van der Waals surface area contributed by atoms with E-state index in [1.54, 1.807) is 0 Å². The Balaban J connectivity index is 0.000000180. The maximum absolute atomic E-state index is 9.87. The van der Waals surface area contributed by atoms with Gasteiger partial charge in [-0.1, -0.05) is 6.58 Å². The van der Waals surface area contributed by atoms with Crippen molar-refractivity contribution in [3.05, 3.63) is 12.2 Å². The zero-order valence-electron chi connectivity index (χ0n) is 9.83. The number of rotatable bonds is 7. The molecule has 2 atom stereocenters. The molecular weight excluding hydrogens is 244 g/mol. The molecule has 2 heterocycles. The summed E-state index contributed by atoms with van der Waals surface area (Å²) in [6, 6.07) is 0. The van der Waals surface area contributed by atoms with Gasteiger partial charge < -0.3 is 24.4 Å². The SMILES string of the molecule is C(OCC1CO1)C1CO1.C=C(CC(=O)O)C(=O)O. The molecule has 2 aliphatic heterocycles. The molecule has 0 amide bonds. The van der Waals surface area contributed by atoms with Crippen molar-refractivity contribution in [1.29, 1.82) is 0 Å². The minimum Gasteiger partial charge on any atom is -0.481 e. The number of epoxide rings is 2. The van der Waals surface area contributed by atoms with Crippen molar-refractivity contribution in [1.82, 2.24) is 0 Å². The normalized spacial score (nSPS) is 23.6.